The Hall–Kier alpha value is -10.9. The van der Waals surface area contributed by atoms with E-state index in [-0.39, 0.29) is 49.6 Å². The molecule has 0 spiro atoms. The molecular weight excluding hydrogens is 1180 g/mol. The summed E-state index contributed by atoms with van der Waals surface area (Å²) in [6, 6.07) is 6.24. The van der Waals surface area contributed by atoms with Crippen molar-refractivity contribution in [3.05, 3.63) is 137 Å². The Bertz CT molecular complexity index is 4650. The van der Waals surface area contributed by atoms with Crippen LogP contribution in [0, 0.1) is 19.3 Å². The molecule has 84 heavy (non-hydrogen) atoms. The van der Waals surface area contributed by atoms with Crippen LogP contribution in [0.4, 0.5) is 0 Å². The fourth-order valence-corrected chi connectivity index (χ4v) is 9.82. The molecule has 12 aromatic heterocycles. The molecule has 0 aromatic carbocycles. The smallest absolute Gasteiger partial charge is 0.369 e. The summed E-state index contributed by atoms with van der Waals surface area (Å²) in [5.74, 6) is 3.99. The van der Waals surface area contributed by atoms with Gasteiger partial charge < -0.3 is 23.7 Å². The monoisotopic (exact) mass is 1230 g/mol. The minimum absolute atomic E-state index is 0.0470. The highest BCUT2D eigenvalue weighted by Crippen LogP contribution is 2.30. The zero-order valence-corrected chi connectivity index (χ0v) is 47.6. The summed E-state index contributed by atoms with van der Waals surface area (Å²) in [6.07, 6.45) is 12.8. The number of terminal acetylenes is 1. The van der Waals surface area contributed by atoms with E-state index in [9.17, 15) is 19.2 Å². The third-order valence-electron chi connectivity index (χ3n) is 10.7. The van der Waals surface area contributed by atoms with E-state index in [1.807, 2.05) is 13.8 Å². The second kappa shape index (κ2) is 26.6. The number of hydrogen-bond donors (Lipinski definition) is 4. The van der Waals surface area contributed by atoms with Gasteiger partial charge in [0.15, 0.2) is 25.7 Å². The van der Waals surface area contributed by atoms with E-state index in [0.29, 0.717) is 72.3 Å². The number of aryl methyl sites for hydroxylation is 5. The average molecular weight is 1230 g/mol. The summed E-state index contributed by atoms with van der Waals surface area (Å²) in [5.41, 5.74) is 2.67. The van der Waals surface area contributed by atoms with E-state index >= 15 is 0 Å². The van der Waals surface area contributed by atoms with Crippen LogP contribution in [-0.4, -0.2) is 144 Å². The van der Waals surface area contributed by atoms with E-state index in [2.05, 4.69) is 92.1 Å². The maximum atomic E-state index is 12.0. The van der Waals surface area contributed by atoms with Crippen LogP contribution in [0.15, 0.2) is 74.8 Å². The molecule has 41 heteroatoms. The predicted octanol–water partition coefficient (Wildman–Crippen LogP) is 0.230. The summed E-state index contributed by atoms with van der Waals surface area (Å²) in [6.45, 7) is 8.19. The van der Waals surface area contributed by atoms with Crippen molar-refractivity contribution in [1.82, 2.24) is 137 Å². The number of rotatable bonds is 19. The van der Waals surface area contributed by atoms with Crippen LogP contribution in [0.25, 0.3) is 26.1 Å². The average Bonchev–Trinajstić information content (AvgIpc) is 3.05. The first-order chi connectivity index (χ1) is 42.3. The number of nitrogens with one attached hydrogen (secondary N) is 4. The van der Waals surface area contributed by atoms with E-state index in [1.54, 1.807) is 24.3 Å². The second-order valence-corrected chi connectivity index (χ2v) is 19.1. The first-order valence-electron chi connectivity index (χ1n) is 25.5. The van der Waals surface area contributed by atoms with Crippen molar-refractivity contribution < 1.29 is 29.3 Å². The summed E-state index contributed by atoms with van der Waals surface area (Å²) in [7, 11) is 6.04. The fourth-order valence-electron chi connectivity index (χ4n) is 6.56. The quantitative estimate of drug-likeness (QED) is 0.0787. The van der Waals surface area contributed by atoms with Gasteiger partial charge in [0.05, 0.1) is 34.7 Å². The van der Waals surface area contributed by atoms with Gasteiger partial charge in [-0.15, -0.1) is 45.5 Å². The van der Waals surface area contributed by atoms with Crippen molar-refractivity contribution in [3.63, 3.8) is 0 Å². The SMILES string of the molecule is [3H]n1ccc(OCc2c(C#C)nsc2-n2nnn(C)c2=O)n1.[3H]n1ccc(OCc2c(C)nsc2-n2nnn(C)c2=O)n1.[3H]n1ccc(OCc2c(C=C)nsc2-n2nnn(C)c2=O)n1.[3H]n1ccc(OCc2c(OCC)nsc2-n2nnn(C)c2=O)n1. The van der Waals surface area contributed by atoms with Crippen LogP contribution in [0.3, 0.4) is 0 Å². The summed E-state index contributed by atoms with van der Waals surface area (Å²) < 4.78 is 82.4. The van der Waals surface area contributed by atoms with Crippen molar-refractivity contribution in [1.29, 1.82) is 0 Å². The van der Waals surface area contributed by atoms with Gasteiger partial charge in [0.1, 0.15) is 32.1 Å². The van der Waals surface area contributed by atoms with E-state index in [4.69, 9.17) is 35.8 Å². The first-order valence-corrected chi connectivity index (χ1v) is 26.8. The Balaban J connectivity index is 0.000000140. The van der Waals surface area contributed by atoms with Crippen LogP contribution in [-0.2, 0) is 54.6 Å². The number of hydrogen-bond acceptors (Lipinski definition) is 29. The van der Waals surface area contributed by atoms with Crippen molar-refractivity contribution in [3.8, 4) is 61.7 Å². The largest absolute Gasteiger partial charge is 0.477 e. The van der Waals surface area contributed by atoms with Gasteiger partial charge >= 0.3 is 22.8 Å². The Morgan fingerprint density at radius 1 is 0.524 bits per heavy atom. The molecule has 0 radical (unpaired) electrons. The normalized spacial score (nSPS) is 11.4. The van der Waals surface area contributed by atoms with E-state index in [1.165, 1.54) is 63.7 Å². The van der Waals surface area contributed by atoms with Crippen LogP contribution in [0.5, 0.6) is 29.4 Å². The third-order valence-corrected chi connectivity index (χ3v) is 14.3. The van der Waals surface area contributed by atoms with Crippen molar-refractivity contribution in [2.45, 2.75) is 40.3 Å². The van der Waals surface area contributed by atoms with Crippen molar-refractivity contribution >= 4 is 52.2 Å². The van der Waals surface area contributed by atoms with Crippen LogP contribution < -0.4 is 46.4 Å². The van der Waals surface area contributed by atoms with Gasteiger partial charge in [0.25, 0.3) is 0 Å². The standard InChI is InChI=1S/C11H13N7O3S.C11H11N7O2S.C11H9N7O2S.C10H11N7O2S/c1-3-20-9-7(6-21-8-4-5-12-13-8)10(22-14-9)18-11(19)17(2)15-16-18;2*1-3-8-7(6-20-9-4-5-12-13-9)10(21-14-8)18-11(19)17(2)15-16-18;1-6-7(5-19-8-3-4-11-12-8)9(20-13-6)17-10(18)16(2)14-15-17/h4-5H,3,6H2,1-2H3,(H,12,13);3-5H,1,6H2,2H3,(H,12,13);1,4-5H,6H2,2H3,(H,12,13);3-4H,5H2,1-2H3,(H,11,12)/i/hT4. The zero-order chi connectivity index (χ0) is 62.8. The molecule has 0 saturated carbocycles. The molecule has 434 valence electrons. The summed E-state index contributed by atoms with van der Waals surface area (Å²) in [5, 5.41) is 50.6. The lowest BCUT2D eigenvalue weighted by Gasteiger charge is -2.06. The molecule has 12 aromatic rings. The van der Waals surface area contributed by atoms with Gasteiger partial charge in [-0.2, -0.15) is 36.2 Å². The number of H-pyrrole nitrogens is 4. The molecule has 0 atom stereocenters. The van der Waals surface area contributed by atoms with E-state index in [0.717, 1.165) is 111 Å². The number of nitrogens with zero attached hydrogens (tertiary/aromatic N) is 24. The number of aromatic amines is 4. The highest BCUT2D eigenvalue weighted by Gasteiger charge is 2.23. The van der Waals surface area contributed by atoms with Gasteiger partial charge in [0, 0.05) is 82.8 Å². The predicted molar refractivity (Wildman–Crippen MR) is 295 cm³/mol. The summed E-state index contributed by atoms with van der Waals surface area (Å²) in [4.78, 5) is 47.8. The van der Waals surface area contributed by atoms with Gasteiger partial charge in [-0.05, 0) is 114 Å². The molecule has 0 unspecified atom stereocenters. The third kappa shape index (κ3) is 13.0. The molecule has 12 rings (SSSR count). The molecule has 0 saturated heterocycles. The van der Waals surface area contributed by atoms with Crippen LogP contribution >= 0.6 is 46.1 Å². The Morgan fingerprint density at radius 2 is 0.881 bits per heavy atom. The summed E-state index contributed by atoms with van der Waals surface area (Å²) >= 11 is 4.36. The lowest BCUT2D eigenvalue weighted by Crippen LogP contribution is -2.22. The number of tetrazole rings is 4. The minimum Gasteiger partial charge on any atom is -0.477 e. The maximum absolute atomic E-state index is 12.0. The second-order valence-electron chi connectivity index (χ2n) is 16.1. The molecule has 0 aliphatic heterocycles. The molecule has 0 aliphatic carbocycles. The molecule has 0 amide bonds. The highest BCUT2D eigenvalue weighted by molar-refractivity contribution is 7.09. The van der Waals surface area contributed by atoms with Gasteiger partial charge in [-0.25, -0.2) is 19.2 Å². The van der Waals surface area contributed by atoms with Gasteiger partial charge in [0.2, 0.25) is 29.4 Å². The van der Waals surface area contributed by atoms with Crippen LogP contribution in [0.2, 0.25) is 5.65 Å². The maximum Gasteiger partial charge on any atom is 0.369 e. The topological polar surface area (TPSA) is 423 Å². The number of aromatic nitrogens is 28. The van der Waals surface area contributed by atoms with Gasteiger partial charge in [-0.3, -0.25) is 20.4 Å². The van der Waals surface area contributed by atoms with E-state index < -0.39 is 11.4 Å². The molecule has 0 fully saturated rings. The fraction of sp³-hybridized carbons (Fsp3) is 0.256. The lowest BCUT2D eigenvalue weighted by molar-refractivity contribution is 0.274. The van der Waals surface area contributed by atoms with Crippen LogP contribution in [0.1, 0.15) is 46.3 Å². The molecule has 0 aliphatic rings. The molecular formula is C43H44N28O9S4. The lowest BCUT2D eigenvalue weighted by atomic mass is 10.2. The first kappa shape index (κ1) is 52.5. The van der Waals surface area contributed by atoms with Crippen molar-refractivity contribution in [2.75, 3.05) is 6.61 Å². The number of ether oxygens (including phenoxy) is 5. The molecule has 4 N–H and O–H groups in total. The Kier molecular flexibility index (Phi) is 16.6. The molecule has 12 heterocycles. The highest BCUT2D eigenvalue weighted by atomic mass is 32.1. The van der Waals surface area contributed by atoms with Crippen molar-refractivity contribution in [2.24, 2.45) is 28.2 Å². The minimum atomic E-state index is -0.413. The Labute approximate surface area is 490 Å². The Morgan fingerprint density at radius 3 is 1.26 bits per heavy atom. The molecule has 0 bridgehead atoms. The van der Waals surface area contributed by atoms with Gasteiger partial charge in [-0.1, -0.05) is 6.58 Å². The zero-order valence-electron chi connectivity index (χ0n) is 48.3. The molecule has 37 nitrogen and oxygen atoms in total.